The van der Waals surface area contributed by atoms with E-state index in [1.807, 2.05) is 6.92 Å². The van der Waals surface area contributed by atoms with Crippen LogP contribution < -0.4 is 19.3 Å². The van der Waals surface area contributed by atoms with Crippen LogP contribution in [0.5, 0.6) is 11.5 Å². The van der Waals surface area contributed by atoms with Crippen LogP contribution in [0.2, 0.25) is 0 Å². The molecule has 2 saturated heterocycles. The second-order valence-electron chi connectivity index (χ2n) is 9.89. The Bertz CT molecular complexity index is 1190. The number of imide groups is 1. The van der Waals surface area contributed by atoms with Crippen molar-refractivity contribution >= 4 is 35.1 Å². The minimum absolute atomic E-state index is 0.0520. The van der Waals surface area contributed by atoms with Crippen molar-refractivity contribution in [3.8, 4) is 11.5 Å². The molecule has 8 heteroatoms. The smallest absolute Gasteiger partial charge is 0.316 e. The van der Waals surface area contributed by atoms with Crippen LogP contribution in [-0.2, 0) is 19.2 Å². The molecule has 0 N–H and O–H groups in total. The Labute approximate surface area is 210 Å². The highest BCUT2D eigenvalue weighted by atomic mass is 16.5. The number of rotatable bonds is 6. The first-order valence-corrected chi connectivity index (χ1v) is 12.6. The fourth-order valence-corrected chi connectivity index (χ4v) is 5.53. The maximum absolute atomic E-state index is 13.0. The van der Waals surface area contributed by atoms with Gasteiger partial charge in [-0.2, -0.15) is 0 Å². The molecule has 188 valence electrons. The van der Waals surface area contributed by atoms with Crippen molar-refractivity contribution in [3.63, 3.8) is 0 Å². The number of hydrogen-bond acceptors (Lipinski definition) is 6. The molecule has 2 aromatic rings. The summed E-state index contributed by atoms with van der Waals surface area (Å²) in [5.74, 6) is -0.793. The SMILES string of the molecule is CCOc1ccc(N2CC(C(=O)Oc3cccc(N4C(=O)C5CCC(C)CC5C4=O)c3)CC2=O)cc1. The normalized spacial score (nSPS) is 25.8. The highest BCUT2D eigenvalue weighted by Crippen LogP contribution is 2.42. The molecule has 2 aromatic carbocycles. The molecule has 4 atom stereocenters. The lowest BCUT2D eigenvalue weighted by molar-refractivity contribution is -0.139. The third kappa shape index (κ3) is 4.47. The molecule has 36 heavy (non-hydrogen) atoms. The van der Waals surface area contributed by atoms with E-state index in [4.69, 9.17) is 9.47 Å². The fraction of sp³-hybridized carbons (Fsp3) is 0.429. The van der Waals surface area contributed by atoms with Crippen molar-refractivity contribution in [1.82, 2.24) is 0 Å². The molecule has 0 aromatic heterocycles. The van der Waals surface area contributed by atoms with Crippen molar-refractivity contribution in [2.75, 3.05) is 23.0 Å². The Morgan fingerprint density at radius 2 is 1.69 bits per heavy atom. The molecule has 2 heterocycles. The minimum atomic E-state index is -0.618. The minimum Gasteiger partial charge on any atom is -0.494 e. The molecule has 5 rings (SSSR count). The number of hydrogen-bond donors (Lipinski definition) is 0. The summed E-state index contributed by atoms with van der Waals surface area (Å²) in [6.45, 7) is 4.78. The van der Waals surface area contributed by atoms with Gasteiger partial charge >= 0.3 is 5.97 Å². The lowest BCUT2D eigenvalue weighted by Crippen LogP contribution is -2.31. The van der Waals surface area contributed by atoms with Gasteiger partial charge < -0.3 is 14.4 Å². The van der Waals surface area contributed by atoms with Crippen molar-refractivity contribution < 1.29 is 28.7 Å². The molecule has 3 amide bonds. The van der Waals surface area contributed by atoms with E-state index >= 15 is 0 Å². The van der Waals surface area contributed by atoms with Gasteiger partial charge in [0, 0.05) is 24.7 Å². The van der Waals surface area contributed by atoms with E-state index < -0.39 is 11.9 Å². The maximum atomic E-state index is 13.0. The number of carbonyl (C=O) groups is 4. The van der Waals surface area contributed by atoms with Crippen LogP contribution >= 0.6 is 0 Å². The van der Waals surface area contributed by atoms with Gasteiger partial charge in [0.25, 0.3) is 0 Å². The van der Waals surface area contributed by atoms with E-state index in [-0.39, 0.29) is 48.3 Å². The molecule has 3 fully saturated rings. The molecule has 4 unspecified atom stereocenters. The average molecular weight is 491 g/mol. The summed E-state index contributed by atoms with van der Waals surface area (Å²) in [5, 5.41) is 0. The summed E-state index contributed by atoms with van der Waals surface area (Å²) < 4.78 is 11.0. The van der Waals surface area contributed by atoms with Crippen molar-refractivity contribution in [1.29, 1.82) is 0 Å². The van der Waals surface area contributed by atoms with E-state index in [2.05, 4.69) is 6.92 Å². The monoisotopic (exact) mass is 490 g/mol. The average Bonchev–Trinajstić information content (AvgIpc) is 3.37. The van der Waals surface area contributed by atoms with Gasteiger partial charge in [0.2, 0.25) is 17.7 Å². The van der Waals surface area contributed by atoms with Gasteiger partial charge in [-0.25, -0.2) is 4.90 Å². The summed E-state index contributed by atoms with van der Waals surface area (Å²) in [4.78, 5) is 54.4. The summed E-state index contributed by atoms with van der Waals surface area (Å²) in [6, 6.07) is 13.7. The lowest BCUT2D eigenvalue weighted by atomic mass is 9.76. The van der Waals surface area contributed by atoms with Crippen LogP contribution in [-0.4, -0.2) is 36.8 Å². The van der Waals surface area contributed by atoms with Gasteiger partial charge in [-0.05, 0) is 68.5 Å². The first-order valence-electron chi connectivity index (χ1n) is 12.6. The maximum Gasteiger partial charge on any atom is 0.316 e. The number of amides is 3. The predicted molar refractivity (Wildman–Crippen MR) is 133 cm³/mol. The van der Waals surface area contributed by atoms with Crippen LogP contribution in [0, 0.1) is 23.7 Å². The second kappa shape index (κ2) is 9.76. The van der Waals surface area contributed by atoms with Gasteiger partial charge in [0.1, 0.15) is 11.5 Å². The lowest BCUT2D eigenvalue weighted by Gasteiger charge is -2.25. The van der Waals surface area contributed by atoms with Crippen LogP contribution in [0.4, 0.5) is 11.4 Å². The molecule has 1 saturated carbocycles. The highest BCUT2D eigenvalue weighted by molar-refractivity contribution is 6.22. The number of nitrogens with zero attached hydrogens (tertiary/aromatic N) is 2. The molecular formula is C28H30N2O6. The van der Waals surface area contributed by atoms with Crippen LogP contribution in [0.3, 0.4) is 0 Å². The van der Waals surface area contributed by atoms with Crippen molar-refractivity contribution in [3.05, 3.63) is 48.5 Å². The molecule has 2 aliphatic heterocycles. The zero-order chi connectivity index (χ0) is 25.4. The number of benzene rings is 2. The van der Waals surface area contributed by atoms with Crippen LogP contribution in [0.1, 0.15) is 39.5 Å². The summed E-state index contributed by atoms with van der Waals surface area (Å²) in [6.07, 6.45) is 2.44. The van der Waals surface area contributed by atoms with Gasteiger partial charge in [0.05, 0.1) is 30.0 Å². The third-order valence-corrected chi connectivity index (χ3v) is 7.40. The van der Waals surface area contributed by atoms with E-state index in [0.717, 1.165) is 19.3 Å². The summed E-state index contributed by atoms with van der Waals surface area (Å²) in [5.41, 5.74) is 1.11. The summed E-state index contributed by atoms with van der Waals surface area (Å²) >= 11 is 0. The molecular weight excluding hydrogens is 460 g/mol. The van der Waals surface area contributed by atoms with Crippen molar-refractivity contribution in [2.45, 2.75) is 39.5 Å². The number of ether oxygens (including phenoxy) is 2. The van der Waals surface area contributed by atoms with Crippen LogP contribution in [0.15, 0.2) is 48.5 Å². The topological polar surface area (TPSA) is 93.2 Å². The molecule has 0 bridgehead atoms. The fourth-order valence-electron chi connectivity index (χ4n) is 5.53. The first kappa shape index (κ1) is 24.0. The first-order chi connectivity index (χ1) is 17.4. The standard InChI is InChI=1S/C28H30N2O6/c1-3-35-21-10-8-19(9-11-21)29-16-18(14-25(29)31)28(34)36-22-6-4-5-20(15-22)30-26(32)23-12-7-17(2)13-24(23)27(30)33/h4-6,8-11,15,17-18,23-24H,3,7,12-14,16H2,1-2H3. The van der Waals surface area contributed by atoms with Gasteiger partial charge in [-0.15, -0.1) is 0 Å². The Morgan fingerprint density at radius 1 is 0.944 bits per heavy atom. The Morgan fingerprint density at radius 3 is 2.44 bits per heavy atom. The molecule has 8 nitrogen and oxygen atoms in total. The number of carbonyl (C=O) groups excluding carboxylic acids is 4. The predicted octanol–water partition coefficient (Wildman–Crippen LogP) is 3.97. The summed E-state index contributed by atoms with van der Waals surface area (Å²) in [7, 11) is 0. The Hall–Kier alpha value is -3.68. The highest BCUT2D eigenvalue weighted by Gasteiger charge is 2.50. The molecule has 3 aliphatic rings. The van der Waals surface area contributed by atoms with Crippen LogP contribution in [0.25, 0.3) is 0 Å². The van der Waals surface area contributed by atoms with E-state index in [1.165, 1.54) is 4.90 Å². The zero-order valence-electron chi connectivity index (χ0n) is 20.5. The largest absolute Gasteiger partial charge is 0.494 e. The zero-order valence-corrected chi connectivity index (χ0v) is 20.5. The number of fused-ring (bicyclic) bond motifs is 1. The quantitative estimate of drug-likeness (QED) is 0.346. The molecule has 1 aliphatic carbocycles. The van der Waals surface area contributed by atoms with Gasteiger partial charge in [-0.1, -0.05) is 13.0 Å². The Kier molecular flexibility index (Phi) is 6.51. The van der Waals surface area contributed by atoms with E-state index in [1.54, 1.807) is 53.4 Å². The Balaban J connectivity index is 1.26. The number of anilines is 2. The van der Waals surface area contributed by atoms with E-state index in [0.29, 0.717) is 29.6 Å². The van der Waals surface area contributed by atoms with Gasteiger partial charge in [0.15, 0.2) is 0 Å². The molecule has 0 spiro atoms. The van der Waals surface area contributed by atoms with E-state index in [9.17, 15) is 19.2 Å². The van der Waals surface area contributed by atoms with Gasteiger partial charge in [-0.3, -0.25) is 19.2 Å². The van der Waals surface area contributed by atoms with Crippen molar-refractivity contribution in [2.24, 2.45) is 23.7 Å². The second-order valence-corrected chi connectivity index (χ2v) is 9.89. The third-order valence-electron chi connectivity index (χ3n) is 7.40. The number of esters is 1. The molecule has 0 radical (unpaired) electrons.